The summed E-state index contributed by atoms with van der Waals surface area (Å²) in [6.45, 7) is 14.5. The Balaban J connectivity index is 1.88. The largest absolute Gasteiger partial charge is 0.282 e. The van der Waals surface area contributed by atoms with Crippen molar-refractivity contribution in [2.45, 2.75) is 61.3 Å². The van der Waals surface area contributed by atoms with E-state index in [9.17, 15) is 0 Å². The van der Waals surface area contributed by atoms with Crippen LogP contribution in [0.4, 0.5) is 0 Å². The van der Waals surface area contributed by atoms with Gasteiger partial charge in [-0.15, -0.1) is 47.0 Å². The molecule has 2 heterocycles. The summed E-state index contributed by atoms with van der Waals surface area (Å²) in [5.74, 6) is 4.91. The number of hydrogen-bond acceptors (Lipinski definition) is 6. The second-order valence-electron chi connectivity index (χ2n) is 7.03. The first-order valence-electron chi connectivity index (χ1n) is 7.77. The molecule has 0 N–H and O–H groups in total. The Morgan fingerprint density at radius 3 is 1.24 bits per heavy atom. The van der Waals surface area contributed by atoms with Gasteiger partial charge >= 0.3 is 0 Å². The lowest BCUT2D eigenvalue weighted by atomic mass is 10.4. The van der Waals surface area contributed by atoms with Crippen LogP contribution in [0.15, 0.2) is 0 Å². The molecule has 0 aromatic carbocycles. The fourth-order valence-electron chi connectivity index (χ4n) is 2.39. The molecule has 2 fully saturated rings. The van der Waals surface area contributed by atoms with Crippen molar-refractivity contribution < 1.29 is 0 Å². The third-order valence-electron chi connectivity index (χ3n) is 4.24. The molecular weight excluding hydrogens is 353 g/mol. The molecule has 0 radical (unpaired) electrons. The van der Waals surface area contributed by atoms with E-state index in [1.54, 1.807) is 0 Å². The van der Waals surface area contributed by atoms with Gasteiger partial charge < -0.3 is 0 Å². The number of thioether (sulfide) groups is 4. The predicted molar refractivity (Wildman–Crippen MR) is 109 cm³/mol. The van der Waals surface area contributed by atoms with Gasteiger partial charge in [0.1, 0.15) is 8.07 Å². The molecule has 2 aliphatic rings. The minimum atomic E-state index is -1.23. The Morgan fingerprint density at radius 2 is 1.00 bits per heavy atom. The van der Waals surface area contributed by atoms with E-state index in [4.69, 9.17) is 0 Å². The van der Waals surface area contributed by atoms with Crippen molar-refractivity contribution in [2.24, 2.45) is 0 Å². The Hall–Kier alpha value is 1.54. The third-order valence-corrected chi connectivity index (χ3v) is 20.7. The van der Waals surface area contributed by atoms with Crippen molar-refractivity contribution in [3.8, 4) is 0 Å². The van der Waals surface area contributed by atoms with Crippen molar-refractivity contribution in [3.05, 3.63) is 0 Å². The minimum absolute atomic E-state index is 0.689. The molecule has 0 aromatic rings. The molecule has 21 heavy (non-hydrogen) atoms. The van der Waals surface area contributed by atoms with Crippen LogP contribution in [0.25, 0.3) is 0 Å². The second kappa shape index (κ2) is 8.08. The maximum absolute atomic E-state index is 2.62. The fourth-order valence-corrected chi connectivity index (χ4v) is 17.6. The van der Waals surface area contributed by atoms with Gasteiger partial charge in [0.05, 0.1) is 0 Å². The lowest BCUT2D eigenvalue weighted by molar-refractivity contribution is 0.306. The summed E-state index contributed by atoms with van der Waals surface area (Å²) in [6, 6.07) is 1.38. The average molecular weight is 383 g/mol. The SMILES string of the molecule is CC(C)N1CSC([Si](C)(C)C2SCN(C(C)C)CS2)SC1. The molecule has 0 atom stereocenters. The Kier molecular flexibility index (Phi) is 7.26. The fraction of sp³-hybridized carbons (Fsp3) is 1.00. The summed E-state index contributed by atoms with van der Waals surface area (Å²) >= 11 is 8.87. The molecule has 7 heteroatoms. The quantitative estimate of drug-likeness (QED) is 0.649. The highest BCUT2D eigenvalue weighted by Crippen LogP contribution is 2.46. The maximum atomic E-state index is 2.62. The van der Waals surface area contributed by atoms with Gasteiger partial charge in [-0.05, 0) is 27.7 Å². The van der Waals surface area contributed by atoms with Gasteiger partial charge in [-0.25, -0.2) is 0 Å². The topological polar surface area (TPSA) is 6.48 Å². The molecule has 2 nitrogen and oxygen atoms in total. The summed E-state index contributed by atoms with van der Waals surface area (Å²) in [4.78, 5) is 5.19. The van der Waals surface area contributed by atoms with Crippen LogP contribution in [-0.4, -0.2) is 61.9 Å². The predicted octanol–water partition coefficient (Wildman–Crippen LogP) is 4.64. The molecule has 2 aliphatic heterocycles. The highest BCUT2D eigenvalue weighted by atomic mass is 32.2. The van der Waals surface area contributed by atoms with Crippen LogP contribution in [0.5, 0.6) is 0 Å². The molecule has 0 unspecified atom stereocenters. The normalized spacial score (nSPS) is 25.1. The minimum Gasteiger partial charge on any atom is -0.282 e. The maximum Gasteiger partial charge on any atom is 0.101 e. The van der Waals surface area contributed by atoms with Crippen molar-refractivity contribution in [1.82, 2.24) is 9.80 Å². The smallest absolute Gasteiger partial charge is 0.101 e. The van der Waals surface area contributed by atoms with Crippen molar-refractivity contribution in [1.29, 1.82) is 0 Å². The molecule has 124 valence electrons. The highest BCUT2D eigenvalue weighted by molar-refractivity contribution is 8.23. The summed E-state index contributed by atoms with van der Waals surface area (Å²) < 4.78 is 1.73. The Labute approximate surface area is 149 Å². The zero-order valence-corrected chi connectivity index (χ0v) is 18.4. The van der Waals surface area contributed by atoms with E-state index < -0.39 is 8.07 Å². The van der Waals surface area contributed by atoms with Gasteiger partial charge in [0.25, 0.3) is 0 Å². The second-order valence-corrected chi connectivity index (χ2v) is 18.4. The van der Waals surface area contributed by atoms with Gasteiger partial charge in [-0.2, -0.15) is 0 Å². The number of nitrogens with zero attached hydrogens (tertiary/aromatic N) is 2. The molecule has 0 amide bonds. The van der Waals surface area contributed by atoms with Gasteiger partial charge in [0.2, 0.25) is 0 Å². The van der Waals surface area contributed by atoms with Gasteiger partial charge in [-0.1, -0.05) is 13.1 Å². The van der Waals surface area contributed by atoms with E-state index in [0.717, 1.165) is 8.41 Å². The van der Waals surface area contributed by atoms with Crippen molar-refractivity contribution >= 4 is 55.1 Å². The zero-order chi connectivity index (χ0) is 15.6. The van der Waals surface area contributed by atoms with E-state index in [2.05, 4.69) is 97.6 Å². The molecule has 0 aromatic heterocycles. The Bertz CT molecular complexity index is 295. The van der Waals surface area contributed by atoms with Crippen molar-refractivity contribution in [2.75, 3.05) is 23.5 Å². The van der Waals surface area contributed by atoms with Gasteiger partial charge in [0.15, 0.2) is 0 Å². The lowest BCUT2D eigenvalue weighted by Gasteiger charge is -2.45. The van der Waals surface area contributed by atoms with E-state index >= 15 is 0 Å². The monoisotopic (exact) mass is 382 g/mol. The first kappa shape index (κ1) is 18.9. The van der Waals surface area contributed by atoms with Crippen molar-refractivity contribution in [3.63, 3.8) is 0 Å². The van der Waals surface area contributed by atoms with Crippen LogP contribution in [0, 0.1) is 0 Å². The van der Waals surface area contributed by atoms with E-state index in [1.165, 1.54) is 23.5 Å². The summed E-state index contributed by atoms with van der Waals surface area (Å²) in [5, 5.41) is 0. The molecule has 2 rings (SSSR count). The van der Waals surface area contributed by atoms with Gasteiger partial charge in [-0.3, -0.25) is 9.80 Å². The van der Waals surface area contributed by atoms with Crippen LogP contribution in [-0.2, 0) is 0 Å². The summed E-state index contributed by atoms with van der Waals surface area (Å²) in [5.41, 5.74) is 0. The first-order chi connectivity index (χ1) is 9.82. The average Bonchev–Trinajstić information content (AvgIpc) is 2.47. The van der Waals surface area contributed by atoms with E-state index in [1.807, 2.05) is 0 Å². The number of rotatable bonds is 4. The highest BCUT2D eigenvalue weighted by Gasteiger charge is 2.44. The van der Waals surface area contributed by atoms with E-state index in [-0.39, 0.29) is 0 Å². The third kappa shape index (κ3) is 4.76. The molecule has 0 spiro atoms. The van der Waals surface area contributed by atoms with Crippen LogP contribution in [0.1, 0.15) is 27.7 Å². The lowest BCUT2D eigenvalue weighted by Crippen LogP contribution is -2.52. The molecule has 2 saturated heterocycles. The molecule has 0 saturated carbocycles. The standard InChI is InChI=1S/C14H30N2S4Si/c1-11(2)15-7-17-13(18-8-15)21(5,6)14-19-9-16(10-20-14)12(3)4/h11-14H,7-10H2,1-6H3. The summed E-state index contributed by atoms with van der Waals surface area (Å²) in [6.07, 6.45) is 0. The molecule has 0 bridgehead atoms. The molecular formula is C14H30N2S4Si. The Morgan fingerprint density at radius 1 is 0.714 bits per heavy atom. The first-order valence-corrected chi connectivity index (χ1v) is 15.1. The van der Waals surface area contributed by atoms with E-state index in [0.29, 0.717) is 12.1 Å². The van der Waals surface area contributed by atoms with Crippen LogP contribution in [0.2, 0.25) is 13.1 Å². The van der Waals surface area contributed by atoms with Crippen LogP contribution >= 0.6 is 47.0 Å². The molecule has 0 aliphatic carbocycles. The zero-order valence-electron chi connectivity index (χ0n) is 14.2. The summed E-state index contributed by atoms with van der Waals surface area (Å²) in [7, 11) is -1.23. The van der Waals surface area contributed by atoms with Gasteiger partial charge in [0, 0.05) is 44.0 Å². The van der Waals surface area contributed by atoms with Crippen LogP contribution < -0.4 is 0 Å². The number of hydrogen-bond donors (Lipinski definition) is 0. The van der Waals surface area contributed by atoms with Crippen LogP contribution in [0.3, 0.4) is 0 Å².